The molecule has 8 heteroatoms. The first kappa shape index (κ1) is 20.9. The highest BCUT2D eigenvalue weighted by molar-refractivity contribution is 14.0. The molecular weight excluding hydrogens is 451 g/mol. The second kappa shape index (κ2) is 10.1. The lowest BCUT2D eigenvalue weighted by atomic mass is 10.2. The minimum absolute atomic E-state index is 0. The average Bonchev–Trinajstić information content (AvgIpc) is 3.02. The molecule has 0 aromatic carbocycles. The zero-order valence-electron chi connectivity index (χ0n) is 15.0. The second-order valence-corrected chi connectivity index (χ2v) is 7.76. The molecule has 2 atom stereocenters. The van der Waals surface area contributed by atoms with Gasteiger partial charge in [0.15, 0.2) is 5.96 Å². The molecule has 2 N–H and O–H groups in total. The molecule has 0 bridgehead atoms. The van der Waals surface area contributed by atoms with E-state index in [0.717, 1.165) is 39.4 Å². The van der Waals surface area contributed by atoms with Gasteiger partial charge in [0.1, 0.15) is 0 Å². The van der Waals surface area contributed by atoms with Crippen LogP contribution in [0.25, 0.3) is 0 Å². The first-order chi connectivity index (χ1) is 11.6. The van der Waals surface area contributed by atoms with Gasteiger partial charge in [0.25, 0.3) is 0 Å². The van der Waals surface area contributed by atoms with Crippen LogP contribution in [0.2, 0.25) is 0 Å². The van der Waals surface area contributed by atoms with E-state index in [4.69, 9.17) is 20.2 Å². The van der Waals surface area contributed by atoms with Crippen LogP contribution in [0.1, 0.15) is 22.7 Å². The molecule has 6 nitrogen and oxygen atoms in total. The number of nitrogens with two attached hydrogens (primary N) is 1. The molecule has 3 heterocycles. The van der Waals surface area contributed by atoms with Crippen LogP contribution in [0, 0.1) is 6.92 Å². The number of thiophene rings is 1. The summed E-state index contributed by atoms with van der Waals surface area (Å²) in [6.07, 6.45) is 0.211. The maximum Gasteiger partial charge on any atom is 0.191 e. The van der Waals surface area contributed by atoms with E-state index in [1.807, 2.05) is 11.3 Å². The van der Waals surface area contributed by atoms with Crippen molar-refractivity contribution in [1.29, 1.82) is 0 Å². The first-order valence-corrected chi connectivity index (χ1v) is 9.49. The van der Waals surface area contributed by atoms with Gasteiger partial charge in [0, 0.05) is 35.9 Å². The molecule has 1 aromatic heterocycles. The van der Waals surface area contributed by atoms with E-state index in [1.165, 1.54) is 9.75 Å². The van der Waals surface area contributed by atoms with Crippen molar-refractivity contribution in [1.82, 2.24) is 9.80 Å². The summed E-state index contributed by atoms with van der Waals surface area (Å²) in [5.41, 5.74) is 6.25. The summed E-state index contributed by atoms with van der Waals surface area (Å²) < 4.78 is 11.1. The van der Waals surface area contributed by atoms with Gasteiger partial charge in [-0.1, -0.05) is 0 Å². The van der Waals surface area contributed by atoms with E-state index in [9.17, 15) is 0 Å². The van der Waals surface area contributed by atoms with Crippen LogP contribution >= 0.6 is 35.3 Å². The Hall–Kier alpha value is -0.420. The van der Waals surface area contributed by atoms with E-state index >= 15 is 0 Å². The minimum atomic E-state index is 0. The summed E-state index contributed by atoms with van der Waals surface area (Å²) in [4.78, 5) is 12.0. The Morgan fingerprint density at radius 2 is 2.08 bits per heavy atom. The van der Waals surface area contributed by atoms with Crippen molar-refractivity contribution in [3.63, 3.8) is 0 Å². The van der Waals surface area contributed by atoms with Crippen molar-refractivity contribution in [3.05, 3.63) is 21.9 Å². The number of rotatable bonds is 4. The van der Waals surface area contributed by atoms with E-state index in [2.05, 4.69) is 35.8 Å². The van der Waals surface area contributed by atoms with Gasteiger partial charge in [-0.25, -0.2) is 0 Å². The fraction of sp³-hybridized carbons (Fsp3) is 0.706. The third-order valence-corrected chi connectivity index (χ3v) is 5.67. The van der Waals surface area contributed by atoms with Gasteiger partial charge in [0.2, 0.25) is 0 Å². The van der Waals surface area contributed by atoms with E-state index in [-0.39, 0.29) is 36.1 Å². The van der Waals surface area contributed by atoms with Gasteiger partial charge in [-0.15, -0.1) is 35.3 Å². The van der Waals surface area contributed by atoms with Crippen molar-refractivity contribution >= 4 is 41.3 Å². The minimum Gasteiger partial charge on any atom is -0.379 e. The summed E-state index contributed by atoms with van der Waals surface area (Å²) in [5, 5.41) is 0. The third-order valence-electron chi connectivity index (χ3n) is 4.57. The number of hydrogen-bond acceptors (Lipinski definition) is 5. The van der Waals surface area contributed by atoms with Crippen LogP contribution in [0.4, 0.5) is 0 Å². The Balaban J connectivity index is 0.00000225. The normalized spacial score (nSPS) is 24.0. The standard InChI is InChI=1S/C17H28N4O2S.HI/c1-13-12-21(7-10-23-13)17(18)19-11-15(16-4-3-14(2)24-16)20-5-8-22-9-6-20;/h3-4,13,15H,5-12H2,1-2H3,(H2,18,19);1H. The highest BCUT2D eigenvalue weighted by Crippen LogP contribution is 2.28. The third kappa shape index (κ3) is 5.78. The van der Waals surface area contributed by atoms with Gasteiger partial charge in [-0.3, -0.25) is 9.89 Å². The Bertz CT molecular complexity index is 563. The zero-order valence-corrected chi connectivity index (χ0v) is 18.2. The smallest absolute Gasteiger partial charge is 0.191 e. The van der Waals surface area contributed by atoms with Gasteiger partial charge in [-0.05, 0) is 26.0 Å². The number of ether oxygens (including phenoxy) is 2. The molecular formula is C17H29IN4O2S. The molecule has 0 amide bonds. The van der Waals surface area contributed by atoms with E-state index in [1.54, 1.807) is 0 Å². The molecule has 2 fully saturated rings. The van der Waals surface area contributed by atoms with Gasteiger partial charge >= 0.3 is 0 Å². The summed E-state index contributed by atoms with van der Waals surface area (Å²) in [7, 11) is 0. The number of aryl methyl sites for hydroxylation is 1. The Labute approximate surface area is 171 Å². The highest BCUT2D eigenvalue weighted by Gasteiger charge is 2.24. The lowest BCUT2D eigenvalue weighted by Crippen LogP contribution is -2.48. The number of guanidine groups is 1. The first-order valence-electron chi connectivity index (χ1n) is 8.68. The molecule has 2 aliphatic heterocycles. The van der Waals surface area contributed by atoms with Crippen LogP contribution < -0.4 is 5.73 Å². The van der Waals surface area contributed by atoms with Crippen LogP contribution in [-0.2, 0) is 9.47 Å². The van der Waals surface area contributed by atoms with Crippen molar-refractivity contribution in [3.8, 4) is 0 Å². The number of aliphatic imine (C=N–C) groups is 1. The summed E-state index contributed by atoms with van der Waals surface area (Å²) in [5.74, 6) is 0.636. The Morgan fingerprint density at radius 3 is 2.72 bits per heavy atom. The molecule has 25 heavy (non-hydrogen) atoms. The van der Waals surface area contributed by atoms with Crippen molar-refractivity contribution in [2.24, 2.45) is 10.7 Å². The Kier molecular flexibility index (Phi) is 8.40. The fourth-order valence-electron chi connectivity index (χ4n) is 3.21. The molecule has 0 saturated carbocycles. The Morgan fingerprint density at radius 1 is 1.32 bits per heavy atom. The molecule has 0 spiro atoms. The SMILES string of the molecule is Cc1ccc(C(CN=C(N)N2CCOC(C)C2)N2CCOCC2)s1.I. The molecule has 2 saturated heterocycles. The predicted molar refractivity (Wildman–Crippen MR) is 113 cm³/mol. The topological polar surface area (TPSA) is 63.3 Å². The quantitative estimate of drug-likeness (QED) is 0.406. The van der Waals surface area contributed by atoms with Crippen molar-refractivity contribution in [2.45, 2.75) is 26.0 Å². The van der Waals surface area contributed by atoms with Crippen LogP contribution in [-0.4, -0.2) is 74.4 Å². The monoisotopic (exact) mass is 480 g/mol. The van der Waals surface area contributed by atoms with E-state index in [0.29, 0.717) is 19.1 Å². The highest BCUT2D eigenvalue weighted by atomic mass is 127. The van der Waals surface area contributed by atoms with Crippen LogP contribution in [0.15, 0.2) is 17.1 Å². The molecule has 0 aliphatic carbocycles. The maximum absolute atomic E-state index is 6.25. The zero-order chi connectivity index (χ0) is 16.9. The lowest BCUT2D eigenvalue weighted by molar-refractivity contribution is 0.00494. The number of halogens is 1. The summed E-state index contributed by atoms with van der Waals surface area (Å²) in [6.45, 7) is 10.8. The average molecular weight is 480 g/mol. The van der Waals surface area contributed by atoms with Gasteiger partial charge < -0.3 is 20.1 Å². The second-order valence-electron chi connectivity index (χ2n) is 6.44. The lowest BCUT2D eigenvalue weighted by Gasteiger charge is -2.34. The maximum atomic E-state index is 6.25. The molecule has 2 unspecified atom stereocenters. The molecule has 0 radical (unpaired) electrons. The largest absolute Gasteiger partial charge is 0.379 e. The van der Waals surface area contributed by atoms with Crippen LogP contribution in [0.3, 0.4) is 0 Å². The van der Waals surface area contributed by atoms with Crippen molar-refractivity contribution < 1.29 is 9.47 Å². The van der Waals surface area contributed by atoms with Gasteiger partial charge in [0.05, 0.1) is 38.5 Å². The number of morpholine rings is 2. The molecule has 1 aromatic rings. The molecule has 142 valence electrons. The number of nitrogens with zero attached hydrogens (tertiary/aromatic N) is 3. The van der Waals surface area contributed by atoms with Crippen molar-refractivity contribution in [2.75, 3.05) is 52.5 Å². The number of hydrogen-bond donors (Lipinski definition) is 1. The fourth-order valence-corrected chi connectivity index (χ4v) is 4.22. The van der Waals surface area contributed by atoms with Crippen LogP contribution in [0.5, 0.6) is 0 Å². The predicted octanol–water partition coefficient (Wildman–Crippen LogP) is 2.08. The van der Waals surface area contributed by atoms with Gasteiger partial charge in [-0.2, -0.15) is 0 Å². The van der Waals surface area contributed by atoms with E-state index < -0.39 is 0 Å². The molecule has 3 rings (SSSR count). The summed E-state index contributed by atoms with van der Waals surface area (Å²) in [6, 6.07) is 4.69. The molecule has 2 aliphatic rings. The summed E-state index contributed by atoms with van der Waals surface area (Å²) >= 11 is 1.85.